The Balaban J connectivity index is 2.18. The van der Waals surface area contributed by atoms with Gasteiger partial charge in [-0.15, -0.1) is 6.58 Å². The van der Waals surface area contributed by atoms with E-state index in [2.05, 4.69) is 11.9 Å². The van der Waals surface area contributed by atoms with Gasteiger partial charge in [-0.2, -0.15) is 0 Å². The molecule has 0 spiro atoms. The van der Waals surface area contributed by atoms with Crippen LogP contribution in [0.3, 0.4) is 0 Å². The molecule has 0 radical (unpaired) electrons. The van der Waals surface area contributed by atoms with Crippen molar-refractivity contribution in [2.45, 2.75) is 44.9 Å². The van der Waals surface area contributed by atoms with Crippen LogP contribution in [-0.4, -0.2) is 55.2 Å². The molecule has 1 aliphatic heterocycles. The number of esters is 1. The van der Waals surface area contributed by atoms with Gasteiger partial charge in [0, 0.05) is 5.92 Å². The predicted octanol–water partition coefficient (Wildman–Crippen LogP) is 2.79. The minimum Gasteiger partial charge on any atom is -0.465 e. The smallest absolute Gasteiger partial charge is 0.405 e. The third kappa shape index (κ3) is 6.98. The molecule has 0 aromatic heterocycles. The molecule has 1 aromatic rings. The van der Waals surface area contributed by atoms with Crippen molar-refractivity contribution in [3.05, 3.63) is 48.0 Å². The Labute approximate surface area is 165 Å². The summed E-state index contributed by atoms with van der Waals surface area (Å²) in [6.07, 6.45) is -0.831. The number of carboxylic acid groups (broad SMARTS) is 1. The van der Waals surface area contributed by atoms with Crippen molar-refractivity contribution in [2.24, 2.45) is 5.92 Å². The summed E-state index contributed by atoms with van der Waals surface area (Å²) in [5, 5.41) is 11.1. The van der Waals surface area contributed by atoms with E-state index in [9.17, 15) is 9.59 Å². The van der Waals surface area contributed by atoms with Gasteiger partial charge in [0.25, 0.3) is 0 Å². The van der Waals surface area contributed by atoms with Crippen LogP contribution in [0.4, 0.5) is 4.79 Å². The number of hydrogen-bond donors (Lipinski definition) is 2. The van der Waals surface area contributed by atoms with Gasteiger partial charge in [-0.1, -0.05) is 35.9 Å². The Bertz CT molecular complexity index is 662. The van der Waals surface area contributed by atoms with Crippen LogP contribution >= 0.6 is 0 Å². The Morgan fingerprint density at radius 1 is 1.32 bits per heavy atom. The molecule has 7 heteroatoms. The largest absolute Gasteiger partial charge is 0.465 e. The van der Waals surface area contributed by atoms with Crippen molar-refractivity contribution in [1.29, 1.82) is 0 Å². The molecule has 0 saturated carbocycles. The highest BCUT2D eigenvalue weighted by atomic mass is 16.6. The lowest BCUT2D eigenvalue weighted by molar-refractivity contribution is -0.160. The van der Waals surface area contributed by atoms with Gasteiger partial charge in [0.15, 0.2) is 6.04 Å². The molecule has 1 heterocycles. The number of amides is 1. The number of carbonyl (C=O) groups excluding carboxylic acids is 1. The van der Waals surface area contributed by atoms with E-state index in [0.29, 0.717) is 26.1 Å². The topological polar surface area (TPSA) is 94.1 Å². The van der Waals surface area contributed by atoms with Crippen LogP contribution in [0.15, 0.2) is 42.5 Å². The summed E-state index contributed by atoms with van der Waals surface area (Å²) in [6, 6.07) is 8.89. The van der Waals surface area contributed by atoms with Gasteiger partial charge in [0.05, 0.1) is 25.9 Å². The summed E-state index contributed by atoms with van der Waals surface area (Å²) in [5.41, 5.74) is 2.14. The van der Waals surface area contributed by atoms with E-state index in [1.165, 1.54) is 0 Å². The highest BCUT2D eigenvalue weighted by Crippen LogP contribution is 2.23. The van der Waals surface area contributed by atoms with Crippen LogP contribution in [-0.2, 0) is 25.4 Å². The van der Waals surface area contributed by atoms with Gasteiger partial charge < -0.3 is 24.6 Å². The normalized spacial score (nSPS) is 25.7. The van der Waals surface area contributed by atoms with Crippen LogP contribution in [0.5, 0.6) is 0 Å². The average molecular weight is 391 g/mol. The number of ether oxygens (including phenoxy) is 3. The Morgan fingerprint density at radius 3 is 2.68 bits per heavy atom. The van der Waals surface area contributed by atoms with Crippen molar-refractivity contribution in [3.63, 3.8) is 0 Å². The average Bonchev–Trinajstić information content (AvgIpc) is 2.67. The van der Waals surface area contributed by atoms with Crippen molar-refractivity contribution in [1.82, 2.24) is 5.32 Å². The first-order valence-corrected chi connectivity index (χ1v) is 9.44. The second-order valence-corrected chi connectivity index (χ2v) is 7.17. The molecular formula is C21H29NO6. The fourth-order valence-corrected chi connectivity index (χ4v) is 3.20. The van der Waals surface area contributed by atoms with Gasteiger partial charge in [-0.25, -0.2) is 9.59 Å². The molecule has 28 heavy (non-hydrogen) atoms. The number of benzene rings is 1. The maximum atomic E-state index is 12.4. The van der Waals surface area contributed by atoms with Crippen LogP contribution in [0.1, 0.15) is 25.8 Å². The highest BCUT2D eigenvalue weighted by molar-refractivity contribution is 5.81. The number of hydrogen-bond acceptors (Lipinski definition) is 5. The van der Waals surface area contributed by atoms with E-state index in [1.54, 1.807) is 6.92 Å². The molecule has 1 fully saturated rings. The van der Waals surface area contributed by atoms with Gasteiger partial charge in [-0.05, 0) is 32.3 Å². The second kappa shape index (κ2) is 10.8. The maximum Gasteiger partial charge on any atom is 0.405 e. The van der Waals surface area contributed by atoms with Crippen molar-refractivity contribution in [3.8, 4) is 0 Å². The van der Waals surface area contributed by atoms with E-state index >= 15 is 0 Å². The summed E-state index contributed by atoms with van der Waals surface area (Å²) < 4.78 is 17.3. The van der Waals surface area contributed by atoms with E-state index in [0.717, 1.165) is 11.1 Å². The molecule has 2 rings (SSSR count). The first-order chi connectivity index (χ1) is 13.4. The molecule has 1 aliphatic rings. The highest BCUT2D eigenvalue weighted by Gasteiger charge is 2.35. The van der Waals surface area contributed by atoms with Gasteiger partial charge in [0.1, 0.15) is 6.10 Å². The third-order valence-corrected chi connectivity index (χ3v) is 4.61. The van der Waals surface area contributed by atoms with E-state index in [4.69, 9.17) is 19.3 Å². The number of nitrogens with one attached hydrogen (secondary N) is 1. The minimum atomic E-state index is -1.30. The molecule has 0 bridgehead atoms. The molecule has 0 aliphatic carbocycles. The monoisotopic (exact) mass is 391 g/mol. The predicted molar refractivity (Wildman–Crippen MR) is 104 cm³/mol. The zero-order valence-corrected chi connectivity index (χ0v) is 16.4. The molecular weight excluding hydrogens is 362 g/mol. The quantitative estimate of drug-likeness (QED) is 0.548. The van der Waals surface area contributed by atoms with Crippen LogP contribution in [0.25, 0.3) is 0 Å². The lowest BCUT2D eigenvalue weighted by atomic mass is 9.91. The summed E-state index contributed by atoms with van der Waals surface area (Å²) in [4.78, 5) is 23.3. The first-order valence-electron chi connectivity index (χ1n) is 9.44. The zero-order valence-electron chi connectivity index (χ0n) is 16.4. The van der Waals surface area contributed by atoms with Gasteiger partial charge in [0.2, 0.25) is 0 Å². The Kier molecular flexibility index (Phi) is 8.47. The lowest BCUT2D eigenvalue weighted by Crippen LogP contribution is -2.46. The van der Waals surface area contributed by atoms with Gasteiger partial charge >= 0.3 is 12.1 Å². The minimum absolute atomic E-state index is 0.0566. The van der Waals surface area contributed by atoms with Crippen molar-refractivity contribution >= 4 is 12.1 Å². The third-order valence-electron chi connectivity index (χ3n) is 4.61. The molecule has 1 saturated heterocycles. The summed E-state index contributed by atoms with van der Waals surface area (Å²) in [7, 11) is 0. The number of carbonyl (C=O) groups is 2. The Morgan fingerprint density at radius 2 is 2.04 bits per heavy atom. The molecule has 154 valence electrons. The van der Waals surface area contributed by atoms with E-state index in [1.807, 2.05) is 37.3 Å². The maximum absolute atomic E-state index is 12.4. The molecule has 7 nitrogen and oxygen atoms in total. The molecule has 2 N–H and O–H groups in total. The standard InChI is InChI=1S/C21H29NO6/c1-14(2)9-10-27-19-15(3)28-20(23)18(22-21(24)25)13-26-12-17(19)11-16-7-5-4-6-8-16/h4-8,15,17-19,22H,1,9-13H2,2-3H3,(H,24,25)/t15?,17-,18-,19?/m0/s1. The number of cyclic esters (lactones) is 1. The van der Waals surface area contributed by atoms with Crippen molar-refractivity contribution in [2.75, 3.05) is 19.8 Å². The summed E-state index contributed by atoms with van der Waals surface area (Å²) >= 11 is 0. The zero-order chi connectivity index (χ0) is 20.5. The Hall–Kier alpha value is -2.38. The number of rotatable bonds is 7. The molecule has 2 unspecified atom stereocenters. The fraction of sp³-hybridized carbons (Fsp3) is 0.524. The lowest BCUT2D eigenvalue weighted by Gasteiger charge is -2.31. The molecule has 1 aromatic carbocycles. The first kappa shape index (κ1) is 21.9. The van der Waals surface area contributed by atoms with E-state index < -0.39 is 24.2 Å². The van der Waals surface area contributed by atoms with Crippen LogP contribution < -0.4 is 5.32 Å². The molecule has 1 amide bonds. The summed E-state index contributed by atoms with van der Waals surface area (Å²) in [5.74, 6) is -0.720. The van der Waals surface area contributed by atoms with Crippen LogP contribution in [0, 0.1) is 5.92 Å². The van der Waals surface area contributed by atoms with E-state index in [-0.39, 0.29) is 18.6 Å². The van der Waals surface area contributed by atoms with Crippen molar-refractivity contribution < 1.29 is 28.9 Å². The SMILES string of the molecule is C=C(C)CCOC1C(C)OC(=O)[C@@H](NC(=O)O)COC[C@@H]1Cc1ccccc1. The van der Waals surface area contributed by atoms with Gasteiger partial charge in [-0.3, -0.25) is 0 Å². The second-order valence-electron chi connectivity index (χ2n) is 7.17. The summed E-state index contributed by atoms with van der Waals surface area (Å²) in [6.45, 7) is 8.29. The molecule has 4 atom stereocenters. The fourth-order valence-electron chi connectivity index (χ4n) is 3.20. The van der Waals surface area contributed by atoms with Crippen LogP contribution in [0.2, 0.25) is 0 Å².